The van der Waals surface area contributed by atoms with Crippen molar-refractivity contribution in [2.75, 3.05) is 36.4 Å². The molecule has 1 saturated heterocycles. The van der Waals surface area contributed by atoms with E-state index in [0.717, 1.165) is 56.1 Å². The van der Waals surface area contributed by atoms with Crippen LogP contribution in [0.25, 0.3) is 0 Å². The molecule has 0 amide bonds. The molecule has 6 rings (SSSR count). The number of anilines is 3. The van der Waals surface area contributed by atoms with Crippen LogP contribution in [-0.4, -0.2) is 52.6 Å². The van der Waals surface area contributed by atoms with Gasteiger partial charge in [0.15, 0.2) is 5.82 Å². The third-order valence-electron chi connectivity index (χ3n) is 7.26. The lowest BCUT2D eigenvalue weighted by Gasteiger charge is -2.34. The van der Waals surface area contributed by atoms with Gasteiger partial charge in [-0.05, 0) is 35.4 Å². The van der Waals surface area contributed by atoms with E-state index in [1.54, 1.807) is 11.1 Å². The standard InChI is InChI=1S/C31H31N7/c32-29(38-28-11-6-16-34-31(28)35-27-10-5-4-9-26(27)30(38)33)25-14-12-24(13-15-25)22-37-19-17-36(18-20-37)21-23-7-2-1-3-8-23/h1-16,32-33H,17-22H2,(H,34,35). The average Bonchev–Trinajstić information content (AvgIpc) is 3.08. The molecule has 0 unspecified atom stereocenters. The minimum Gasteiger partial charge on any atom is -0.338 e. The van der Waals surface area contributed by atoms with Crippen LogP contribution < -0.4 is 10.2 Å². The fraction of sp³-hybridized carbons (Fsp3) is 0.194. The molecular formula is C31H31N7. The van der Waals surface area contributed by atoms with Crippen LogP contribution in [0.4, 0.5) is 17.2 Å². The maximum atomic E-state index is 9.08. The quantitative estimate of drug-likeness (QED) is 0.255. The number of benzene rings is 3. The predicted molar refractivity (Wildman–Crippen MR) is 154 cm³/mol. The SMILES string of the molecule is N=C(c1ccc(CN2CCN(Cc3ccccc3)CC2)cc1)N1C(=N)c2ccccc2Nc2ncccc21. The van der Waals surface area contributed by atoms with Crippen LogP contribution in [0.15, 0.2) is 97.2 Å². The van der Waals surface area contributed by atoms with Crippen LogP contribution in [-0.2, 0) is 13.1 Å². The van der Waals surface area contributed by atoms with Gasteiger partial charge in [-0.15, -0.1) is 0 Å². The number of para-hydroxylation sites is 1. The lowest BCUT2D eigenvalue weighted by Crippen LogP contribution is -2.45. The van der Waals surface area contributed by atoms with E-state index in [9.17, 15) is 0 Å². The topological polar surface area (TPSA) is 82.3 Å². The molecule has 0 radical (unpaired) electrons. The average molecular weight is 502 g/mol. The minimum absolute atomic E-state index is 0.252. The first-order chi connectivity index (χ1) is 18.7. The van der Waals surface area contributed by atoms with Crippen LogP contribution in [0, 0.1) is 10.8 Å². The Hall–Kier alpha value is -4.33. The maximum Gasteiger partial charge on any atom is 0.154 e. The number of nitrogens with zero attached hydrogens (tertiary/aromatic N) is 4. The van der Waals surface area contributed by atoms with Gasteiger partial charge in [-0.25, -0.2) is 4.98 Å². The Morgan fingerprint density at radius 3 is 2.08 bits per heavy atom. The highest BCUT2D eigenvalue weighted by molar-refractivity contribution is 6.30. The van der Waals surface area contributed by atoms with E-state index in [2.05, 4.69) is 62.6 Å². The Morgan fingerprint density at radius 2 is 1.37 bits per heavy atom. The van der Waals surface area contributed by atoms with Gasteiger partial charge < -0.3 is 5.32 Å². The van der Waals surface area contributed by atoms with E-state index in [0.29, 0.717) is 11.5 Å². The lowest BCUT2D eigenvalue weighted by atomic mass is 10.1. The molecule has 1 aromatic heterocycles. The van der Waals surface area contributed by atoms with E-state index < -0.39 is 0 Å². The molecule has 190 valence electrons. The van der Waals surface area contributed by atoms with E-state index >= 15 is 0 Å². The molecule has 3 N–H and O–H groups in total. The van der Waals surface area contributed by atoms with Crippen molar-refractivity contribution >= 4 is 28.9 Å². The molecule has 0 bridgehead atoms. The lowest BCUT2D eigenvalue weighted by molar-refractivity contribution is 0.122. The summed E-state index contributed by atoms with van der Waals surface area (Å²) in [7, 11) is 0. The van der Waals surface area contributed by atoms with E-state index in [1.165, 1.54) is 11.1 Å². The molecule has 4 aromatic rings. The van der Waals surface area contributed by atoms with Crippen molar-refractivity contribution in [2.24, 2.45) is 0 Å². The molecule has 38 heavy (non-hydrogen) atoms. The van der Waals surface area contributed by atoms with Gasteiger partial charge in [0.2, 0.25) is 0 Å². The highest BCUT2D eigenvalue weighted by atomic mass is 15.3. The second-order valence-corrected chi connectivity index (χ2v) is 9.81. The number of nitrogens with one attached hydrogen (secondary N) is 3. The highest BCUT2D eigenvalue weighted by Crippen LogP contribution is 2.34. The van der Waals surface area contributed by atoms with Crippen LogP contribution in [0.1, 0.15) is 22.3 Å². The first kappa shape index (κ1) is 24.0. The van der Waals surface area contributed by atoms with Crippen LogP contribution >= 0.6 is 0 Å². The number of aromatic nitrogens is 1. The van der Waals surface area contributed by atoms with Crippen LogP contribution in [0.5, 0.6) is 0 Å². The Labute approximate surface area is 223 Å². The van der Waals surface area contributed by atoms with Crippen LogP contribution in [0.3, 0.4) is 0 Å². The number of rotatable bonds is 5. The molecule has 2 aliphatic rings. The van der Waals surface area contributed by atoms with Gasteiger partial charge in [-0.3, -0.25) is 25.5 Å². The predicted octanol–water partition coefficient (Wildman–Crippen LogP) is 5.31. The van der Waals surface area contributed by atoms with Crippen molar-refractivity contribution in [2.45, 2.75) is 13.1 Å². The Balaban J connectivity index is 1.14. The third kappa shape index (κ3) is 4.94. The zero-order valence-electron chi connectivity index (χ0n) is 21.3. The molecule has 7 heteroatoms. The van der Waals surface area contributed by atoms with E-state index in [-0.39, 0.29) is 11.7 Å². The summed E-state index contributed by atoms with van der Waals surface area (Å²) in [6.07, 6.45) is 1.72. The first-order valence-corrected chi connectivity index (χ1v) is 13.0. The first-order valence-electron chi connectivity index (χ1n) is 13.0. The van der Waals surface area contributed by atoms with Crippen molar-refractivity contribution in [1.82, 2.24) is 14.8 Å². The van der Waals surface area contributed by atoms with Crippen molar-refractivity contribution in [1.29, 1.82) is 10.8 Å². The molecule has 0 saturated carbocycles. The summed E-state index contributed by atoms with van der Waals surface area (Å²) in [6, 6.07) is 30.3. The third-order valence-corrected chi connectivity index (χ3v) is 7.26. The fourth-order valence-electron chi connectivity index (χ4n) is 5.18. The zero-order valence-corrected chi connectivity index (χ0v) is 21.3. The second-order valence-electron chi connectivity index (χ2n) is 9.81. The van der Waals surface area contributed by atoms with Crippen molar-refractivity contribution in [3.05, 3.63) is 119 Å². The summed E-state index contributed by atoms with van der Waals surface area (Å²) in [4.78, 5) is 11.2. The number of fused-ring (bicyclic) bond motifs is 2. The van der Waals surface area contributed by atoms with Gasteiger partial charge in [-0.2, -0.15) is 0 Å². The Morgan fingerprint density at radius 1 is 0.737 bits per heavy atom. The zero-order chi connectivity index (χ0) is 25.9. The molecule has 7 nitrogen and oxygen atoms in total. The summed E-state index contributed by atoms with van der Waals surface area (Å²) in [6.45, 7) is 6.14. The largest absolute Gasteiger partial charge is 0.338 e. The summed E-state index contributed by atoms with van der Waals surface area (Å²) in [5.41, 5.74) is 5.61. The summed E-state index contributed by atoms with van der Waals surface area (Å²) in [5, 5.41) is 21.4. The molecule has 0 spiro atoms. The smallest absolute Gasteiger partial charge is 0.154 e. The molecule has 1 fully saturated rings. The van der Waals surface area contributed by atoms with Gasteiger partial charge in [-0.1, -0.05) is 66.7 Å². The maximum absolute atomic E-state index is 9.08. The molecule has 2 aliphatic heterocycles. The summed E-state index contributed by atoms with van der Waals surface area (Å²) in [5.74, 6) is 1.14. The summed E-state index contributed by atoms with van der Waals surface area (Å²) >= 11 is 0. The second kappa shape index (κ2) is 10.6. The molecule has 0 aliphatic carbocycles. The normalized spacial score (nSPS) is 15.8. The molecule has 3 aromatic carbocycles. The summed E-state index contributed by atoms with van der Waals surface area (Å²) < 4.78 is 0. The van der Waals surface area contributed by atoms with Gasteiger partial charge >= 0.3 is 0 Å². The van der Waals surface area contributed by atoms with Crippen molar-refractivity contribution < 1.29 is 0 Å². The monoisotopic (exact) mass is 501 g/mol. The number of hydrogen-bond donors (Lipinski definition) is 3. The highest BCUT2D eigenvalue weighted by Gasteiger charge is 2.28. The number of piperazine rings is 1. The number of pyridine rings is 1. The Kier molecular flexibility index (Phi) is 6.69. The van der Waals surface area contributed by atoms with E-state index in [1.807, 2.05) is 48.5 Å². The van der Waals surface area contributed by atoms with Crippen molar-refractivity contribution in [3.63, 3.8) is 0 Å². The van der Waals surface area contributed by atoms with Gasteiger partial charge in [0, 0.05) is 56.6 Å². The van der Waals surface area contributed by atoms with Gasteiger partial charge in [0.25, 0.3) is 0 Å². The number of hydrogen-bond acceptors (Lipinski definition) is 6. The molecule has 0 atom stereocenters. The molecule has 3 heterocycles. The fourth-order valence-corrected chi connectivity index (χ4v) is 5.18. The van der Waals surface area contributed by atoms with Crippen LogP contribution in [0.2, 0.25) is 0 Å². The van der Waals surface area contributed by atoms with Gasteiger partial charge in [0.1, 0.15) is 11.7 Å². The Bertz CT molecular complexity index is 1440. The minimum atomic E-state index is 0.252. The number of amidine groups is 2. The van der Waals surface area contributed by atoms with Gasteiger partial charge in [0.05, 0.1) is 11.4 Å². The van der Waals surface area contributed by atoms with E-state index in [4.69, 9.17) is 10.8 Å². The van der Waals surface area contributed by atoms with Crippen molar-refractivity contribution in [3.8, 4) is 0 Å². The molecular weight excluding hydrogens is 470 g/mol.